The lowest BCUT2D eigenvalue weighted by Gasteiger charge is -2.35. The summed E-state index contributed by atoms with van der Waals surface area (Å²) in [6.45, 7) is 6.33. The van der Waals surface area contributed by atoms with E-state index in [1.807, 2.05) is 35.2 Å². The zero-order valence-corrected chi connectivity index (χ0v) is 17.8. The van der Waals surface area contributed by atoms with Gasteiger partial charge in [-0.1, -0.05) is 18.2 Å². The fourth-order valence-electron chi connectivity index (χ4n) is 4.33. The summed E-state index contributed by atoms with van der Waals surface area (Å²) in [5.74, 6) is 0.571. The number of nitrogens with zero attached hydrogens (tertiary/aromatic N) is 3. The number of carbonyl (C=O) groups is 2. The summed E-state index contributed by atoms with van der Waals surface area (Å²) < 4.78 is 5.32. The standard InChI is InChI=1S/C24H29N3O3/c1-18-9-10-19(17-21(18)25-11-5-6-12-25)23(28)26-13-15-27(16-14-26)24(29)20-7-3-4-8-22(20)30-2/h3-4,7-10,17H,5-6,11-16H2,1-2H3. The molecule has 2 aliphatic rings. The van der Waals surface area contributed by atoms with E-state index >= 15 is 0 Å². The molecule has 0 radical (unpaired) electrons. The monoisotopic (exact) mass is 407 g/mol. The second-order valence-electron chi connectivity index (χ2n) is 7.98. The van der Waals surface area contributed by atoms with Gasteiger partial charge in [0.05, 0.1) is 12.7 Å². The van der Waals surface area contributed by atoms with Gasteiger partial charge in [-0.25, -0.2) is 0 Å². The highest BCUT2D eigenvalue weighted by molar-refractivity contribution is 5.98. The number of carbonyl (C=O) groups excluding carboxylic acids is 2. The zero-order valence-electron chi connectivity index (χ0n) is 17.8. The van der Waals surface area contributed by atoms with E-state index in [4.69, 9.17) is 4.74 Å². The Kier molecular flexibility index (Phi) is 5.93. The number of hydrogen-bond donors (Lipinski definition) is 0. The van der Waals surface area contributed by atoms with Crippen molar-refractivity contribution in [1.82, 2.24) is 9.80 Å². The molecule has 0 aromatic heterocycles. The number of benzene rings is 2. The van der Waals surface area contributed by atoms with Crippen LogP contribution in [0.2, 0.25) is 0 Å². The molecule has 0 bridgehead atoms. The molecule has 0 unspecified atom stereocenters. The van der Waals surface area contributed by atoms with Crippen molar-refractivity contribution in [3.8, 4) is 5.75 Å². The molecule has 2 saturated heterocycles. The second kappa shape index (κ2) is 8.78. The van der Waals surface area contributed by atoms with Gasteiger partial charge in [-0.05, 0) is 49.6 Å². The van der Waals surface area contributed by atoms with E-state index in [1.54, 1.807) is 24.1 Å². The van der Waals surface area contributed by atoms with Gasteiger partial charge in [0.25, 0.3) is 11.8 Å². The van der Waals surface area contributed by atoms with Crippen molar-refractivity contribution < 1.29 is 14.3 Å². The third kappa shape index (κ3) is 3.99. The second-order valence-corrected chi connectivity index (χ2v) is 7.98. The maximum absolute atomic E-state index is 13.1. The molecule has 0 saturated carbocycles. The average molecular weight is 408 g/mol. The summed E-state index contributed by atoms with van der Waals surface area (Å²) >= 11 is 0. The van der Waals surface area contributed by atoms with Gasteiger partial charge in [0.2, 0.25) is 0 Å². The fourth-order valence-corrected chi connectivity index (χ4v) is 4.33. The van der Waals surface area contributed by atoms with Crippen LogP contribution in [0.4, 0.5) is 5.69 Å². The number of para-hydroxylation sites is 1. The first-order valence-electron chi connectivity index (χ1n) is 10.7. The topological polar surface area (TPSA) is 53.1 Å². The molecular weight excluding hydrogens is 378 g/mol. The Hall–Kier alpha value is -3.02. The first-order chi connectivity index (χ1) is 14.6. The molecule has 2 aromatic carbocycles. The van der Waals surface area contributed by atoms with Crippen LogP contribution in [-0.2, 0) is 0 Å². The minimum Gasteiger partial charge on any atom is -0.496 e. The number of amides is 2. The van der Waals surface area contributed by atoms with Crippen LogP contribution in [0.5, 0.6) is 5.75 Å². The van der Waals surface area contributed by atoms with Crippen molar-refractivity contribution in [2.45, 2.75) is 19.8 Å². The molecule has 30 heavy (non-hydrogen) atoms. The number of piperazine rings is 1. The summed E-state index contributed by atoms with van der Waals surface area (Å²) in [5.41, 5.74) is 3.67. The summed E-state index contributed by atoms with van der Waals surface area (Å²) in [4.78, 5) is 32.0. The maximum Gasteiger partial charge on any atom is 0.257 e. The van der Waals surface area contributed by atoms with Crippen LogP contribution < -0.4 is 9.64 Å². The molecule has 0 aliphatic carbocycles. The third-order valence-corrected chi connectivity index (χ3v) is 6.09. The van der Waals surface area contributed by atoms with Gasteiger partial charge in [-0.3, -0.25) is 9.59 Å². The predicted molar refractivity (Wildman–Crippen MR) is 117 cm³/mol. The predicted octanol–water partition coefficient (Wildman–Crippen LogP) is 3.20. The summed E-state index contributed by atoms with van der Waals surface area (Å²) in [7, 11) is 1.57. The van der Waals surface area contributed by atoms with Crippen molar-refractivity contribution in [2.75, 3.05) is 51.3 Å². The van der Waals surface area contributed by atoms with Gasteiger partial charge in [-0.2, -0.15) is 0 Å². The van der Waals surface area contributed by atoms with Crippen LogP contribution in [0.15, 0.2) is 42.5 Å². The normalized spacial score (nSPS) is 16.7. The van der Waals surface area contributed by atoms with Crippen LogP contribution >= 0.6 is 0 Å². The molecule has 0 N–H and O–H groups in total. The van der Waals surface area contributed by atoms with Crippen molar-refractivity contribution in [2.24, 2.45) is 0 Å². The molecule has 2 heterocycles. The molecule has 2 aliphatic heterocycles. The highest BCUT2D eigenvalue weighted by Gasteiger charge is 2.27. The van der Waals surface area contributed by atoms with Gasteiger partial charge >= 0.3 is 0 Å². The Morgan fingerprint density at radius 3 is 2.13 bits per heavy atom. The van der Waals surface area contributed by atoms with E-state index in [0.717, 1.165) is 18.7 Å². The SMILES string of the molecule is COc1ccccc1C(=O)N1CCN(C(=O)c2ccc(C)c(N3CCCC3)c2)CC1. The number of anilines is 1. The van der Waals surface area contributed by atoms with E-state index in [0.29, 0.717) is 37.5 Å². The number of methoxy groups -OCH3 is 1. The summed E-state index contributed by atoms with van der Waals surface area (Å²) in [6.07, 6.45) is 2.42. The molecule has 4 rings (SSSR count). The minimum atomic E-state index is -0.0498. The lowest BCUT2D eigenvalue weighted by atomic mass is 10.1. The molecule has 2 aromatic rings. The molecule has 2 amide bonds. The van der Waals surface area contributed by atoms with E-state index in [9.17, 15) is 9.59 Å². The lowest BCUT2D eigenvalue weighted by molar-refractivity contribution is 0.0533. The summed E-state index contributed by atoms with van der Waals surface area (Å²) in [6, 6.07) is 13.3. The van der Waals surface area contributed by atoms with Gasteiger partial charge in [0.1, 0.15) is 5.75 Å². The third-order valence-electron chi connectivity index (χ3n) is 6.09. The maximum atomic E-state index is 13.1. The highest BCUT2D eigenvalue weighted by atomic mass is 16.5. The van der Waals surface area contributed by atoms with Gasteiger partial charge in [0.15, 0.2) is 0 Å². The highest BCUT2D eigenvalue weighted by Crippen LogP contribution is 2.26. The number of ether oxygens (including phenoxy) is 1. The Morgan fingerprint density at radius 2 is 1.47 bits per heavy atom. The Bertz CT molecular complexity index is 929. The van der Waals surface area contributed by atoms with Gasteiger partial charge in [0, 0.05) is 50.5 Å². The van der Waals surface area contributed by atoms with Crippen LogP contribution in [0, 0.1) is 6.92 Å². The fraction of sp³-hybridized carbons (Fsp3) is 0.417. The molecule has 2 fully saturated rings. The Balaban J connectivity index is 1.42. The van der Waals surface area contributed by atoms with E-state index in [1.165, 1.54) is 24.1 Å². The number of hydrogen-bond acceptors (Lipinski definition) is 4. The molecule has 158 valence electrons. The van der Waals surface area contributed by atoms with Crippen molar-refractivity contribution in [3.63, 3.8) is 0 Å². The van der Waals surface area contributed by atoms with Crippen LogP contribution in [0.25, 0.3) is 0 Å². The number of aryl methyl sites for hydroxylation is 1. The van der Waals surface area contributed by atoms with Crippen LogP contribution in [0.3, 0.4) is 0 Å². The number of rotatable bonds is 4. The minimum absolute atomic E-state index is 0.0415. The van der Waals surface area contributed by atoms with E-state index in [-0.39, 0.29) is 11.8 Å². The van der Waals surface area contributed by atoms with E-state index in [2.05, 4.69) is 11.8 Å². The largest absolute Gasteiger partial charge is 0.496 e. The Morgan fingerprint density at radius 1 is 0.833 bits per heavy atom. The van der Waals surface area contributed by atoms with Crippen molar-refractivity contribution in [3.05, 3.63) is 59.2 Å². The summed E-state index contributed by atoms with van der Waals surface area (Å²) in [5, 5.41) is 0. The van der Waals surface area contributed by atoms with Crippen molar-refractivity contribution >= 4 is 17.5 Å². The van der Waals surface area contributed by atoms with Crippen LogP contribution in [-0.4, -0.2) is 68.0 Å². The molecular formula is C24H29N3O3. The molecule has 0 atom stereocenters. The van der Waals surface area contributed by atoms with Gasteiger partial charge < -0.3 is 19.4 Å². The molecule has 6 nitrogen and oxygen atoms in total. The lowest BCUT2D eigenvalue weighted by Crippen LogP contribution is -2.50. The Labute approximate surface area is 178 Å². The molecule has 0 spiro atoms. The van der Waals surface area contributed by atoms with Gasteiger partial charge in [-0.15, -0.1) is 0 Å². The molecule has 6 heteroatoms. The quantitative estimate of drug-likeness (QED) is 0.781. The van der Waals surface area contributed by atoms with Crippen molar-refractivity contribution in [1.29, 1.82) is 0 Å². The van der Waals surface area contributed by atoms with Crippen LogP contribution in [0.1, 0.15) is 39.1 Å². The average Bonchev–Trinajstić information content (AvgIpc) is 3.33. The smallest absolute Gasteiger partial charge is 0.257 e. The zero-order chi connectivity index (χ0) is 21.1. The van der Waals surface area contributed by atoms with E-state index < -0.39 is 0 Å². The first-order valence-corrected chi connectivity index (χ1v) is 10.7. The first kappa shape index (κ1) is 20.3.